The summed E-state index contributed by atoms with van der Waals surface area (Å²) in [5.74, 6) is 0.750. The van der Waals surface area contributed by atoms with Gasteiger partial charge in [0.2, 0.25) is 0 Å². The minimum absolute atomic E-state index is 0.0357. The number of phenols is 1. The van der Waals surface area contributed by atoms with Crippen LogP contribution in [0.2, 0.25) is 0 Å². The maximum atomic E-state index is 12.6. The Balaban J connectivity index is 1.61. The van der Waals surface area contributed by atoms with E-state index >= 15 is 0 Å². The lowest BCUT2D eigenvalue weighted by molar-refractivity contribution is -0.129. The van der Waals surface area contributed by atoms with Crippen molar-refractivity contribution in [3.63, 3.8) is 0 Å². The predicted molar refractivity (Wildman–Crippen MR) is 119 cm³/mol. The van der Waals surface area contributed by atoms with Crippen LogP contribution in [0.5, 0.6) is 11.5 Å². The molecule has 0 radical (unpaired) electrons. The van der Waals surface area contributed by atoms with Gasteiger partial charge in [-0.1, -0.05) is 24.3 Å². The van der Waals surface area contributed by atoms with E-state index in [0.717, 1.165) is 31.4 Å². The van der Waals surface area contributed by atoms with Crippen LogP contribution in [0.3, 0.4) is 0 Å². The predicted octanol–water partition coefficient (Wildman–Crippen LogP) is 3.46. The molecule has 2 aromatic carbocycles. The smallest absolute Gasteiger partial charge is 0.166 e. The summed E-state index contributed by atoms with van der Waals surface area (Å²) in [7, 11) is 4.13. The second-order valence-electron chi connectivity index (χ2n) is 10.4. The van der Waals surface area contributed by atoms with Crippen molar-refractivity contribution in [1.29, 1.82) is 0 Å². The molecule has 3 aromatic rings. The topological polar surface area (TPSA) is 57.9 Å². The van der Waals surface area contributed by atoms with Crippen molar-refractivity contribution in [3.05, 3.63) is 58.3 Å². The lowest BCUT2D eigenvalue weighted by Crippen LogP contribution is -2.68. The van der Waals surface area contributed by atoms with Gasteiger partial charge in [0.1, 0.15) is 0 Å². The summed E-state index contributed by atoms with van der Waals surface area (Å²) >= 11 is 0. The van der Waals surface area contributed by atoms with Crippen LogP contribution in [0, 0.1) is 0 Å². The molecule has 0 saturated heterocycles. The molecular weight excluding hydrogens is 388 g/mol. The van der Waals surface area contributed by atoms with E-state index in [4.69, 9.17) is 4.74 Å². The van der Waals surface area contributed by atoms with E-state index in [-0.39, 0.29) is 17.9 Å². The van der Waals surface area contributed by atoms with Gasteiger partial charge in [0.15, 0.2) is 17.6 Å². The molecule has 4 atom stereocenters. The summed E-state index contributed by atoms with van der Waals surface area (Å²) in [6, 6.07) is 10.3. The summed E-state index contributed by atoms with van der Waals surface area (Å²) in [4.78, 5) is 2.17. The van der Waals surface area contributed by atoms with Gasteiger partial charge in [-0.05, 0) is 63.0 Å². The van der Waals surface area contributed by atoms with Gasteiger partial charge in [0, 0.05) is 30.0 Å². The number of phenolic OH excluding ortho intramolecular Hbond substituents is 1. The Kier molecular flexibility index (Phi) is 3.19. The molecule has 0 fully saturated rings. The van der Waals surface area contributed by atoms with Crippen molar-refractivity contribution in [2.45, 2.75) is 62.3 Å². The lowest BCUT2D eigenvalue weighted by Gasteiger charge is -2.57. The number of rotatable bonds is 1. The molecule has 2 N–H and O–H groups in total. The van der Waals surface area contributed by atoms with Crippen molar-refractivity contribution in [3.8, 4) is 11.5 Å². The molecule has 0 saturated carbocycles. The molecule has 7 rings (SSSR count). The van der Waals surface area contributed by atoms with Gasteiger partial charge in [0.05, 0.1) is 22.2 Å². The van der Waals surface area contributed by atoms with Crippen LogP contribution >= 0.6 is 0 Å². The largest absolute Gasteiger partial charge is 0.504 e. The Labute approximate surface area is 181 Å². The van der Waals surface area contributed by atoms with Gasteiger partial charge in [-0.25, -0.2) is 0 Å². The van der Waals surface area contributed by atoms with E-state index in [0.29, 0.717) is 12.2 Å². The zero-order chi connectivity index (χ0) is 21.3. The molecule has 3 heterocycles. The Morgan fingerprint density at radius 2 is 2.00 bits per heavy atom. The summed E-state index contributed by atoms with van der Waals surface area (Å²) in [5.41, 5.74) is 5.71. The standard InChI is InChI=1S/C26H28N2O3/c1-25-20-15-9-10-18(29)23(20)31-24(25)22-17(13-26(25,30)19(12-15)27(2)3)16-8-4-6-14-7-5-11-28(22)21(14)16/h4,6,8-10,19,24,29-30H,5,7,11-13H2,1-3H3/t19-,24+,25?,26-/m1/s1. The molecule has 5 heteroatoms. The van der Waals surface area contributed by atoms with Crippen molar-refractivity contribution in [1.82, 2.24) is 9.47 Å². The number of fused-ring (bicyclic) bond motifs is 4. The number of nitrogens with zero attached hydrogens (tertiary/aromatic N) is 2. The molecule has 160 valence electrons. The molecule has 5 nitrogen and oxygen atoms in total. The highest BCUT2D eigenvalue weighted by Gasteiger charge is 2.69. The van der Waals surface area contributed by atoms with E-state index < -0.39 is 11.0 Å². The first-order valence-electron chi connectivity index (χ1n) is 11.4. The molecule has 31 heavy (non-hydrogen) atoms. The average molecular weight is 417 g/mol. The third kappa shape index (κ3) is 1.84. The van der Waals surface area contributed by atoms with Crippen LogP contribution in [0.25, 0.3) is 10.9 Å². The van der Waals surface area contributed by atoms with Crippen molar-refractivity contribution in [2.75, 3.05) is 14.1 Å². The summed E-state index contributed by atoms with van der Waals surface area (Å²) in [5, 5.41) is 24.6. The monoisotopic (exact) mass is 416 g/mol. The Morgan fingerprint density at radius 1 is 1.16 bits per heavy atom. The highest BCUT2D eigenvalue weighted by molar-refractivity contribution is 5.90. The number of hydrogen-bond donors (Lipinski definition) is 2. The van der Waals surface area contributed by atoms with Gasteiger partial charge < -0.3 is 24.4 Å². The van der Waals surface area contributed by atoms with E-state index in [2.05, 4.69) is 48.7 Å². The van der Waals surface area contributed by atoms with Crippen molar-refractivity contribution >= 4 is 10.9 Å². The second kappa shape index (κ2) is 5.45. The molecule has 2 aliphatic carbocycles. The summed E-state index contributed by atoms with van der Waals surface area (Å²) in [6.45, 7) is 3.14. The van der Waals surface area contributed by atoms with Gasteiger partial charge in [-0.15, -0.1) is 0 Å². The van der Waals surface area contributed by atoms with Crippen LogP contribution in [0.4, 0.5) is 0 Å². The first kappa shape index (κ1) is 18.1. The lowest BCUT2D eigenvalue weighted by atomic mass is 9.52. The number of aromatic nitrogens is 1. The SMILES string of the molecule is CN(C)[C@@H]1Cc2ccc(O)c3c2C2(C)[C@@H](O3)c3c(c4cccc5c4n3CCC5)C[C@@]12O. The fraction of sp³-hybridized carbons (Fsp3) is 0.462. The number of aryl methyl sites for hydroxylation is 2. The van der Waals surface area contributed by atoms with Crippen LogP contribution in [-0.4, -0.2) is 45.4 Å². The summed E-state index contributed by atoms with van der Waals surface area (Å²) < 4.78 is 9.10. The summed E-state index contributed by atoms with van der Waals surface area (Å²) in [6.07, 6.45) is 3.24. The third-order valence-electron chi connectivity index (χ3n) is 8.83. The second-order valence-corrected chi connectivity index (χ2v) is 10.4. The first-order chi connectivity index (χ1) is 14.9. The molecular formula is C26H28N2O3. The zero-order valence-electron chi connectivity index (χ0n) is 18.3. The molecule has 4 aliphatic rings. The molecule has 2 aliphatic heterocycles. The number of likely N-dealkylation sites (N-methyl/N-ethyl adjacent to an activating group) is 1. The molecule has 0 spiro atoms. The maximum absolute atomic E-state index is 12.6. The van der Waals surface area contributed by atoms with E-state index in [1.807, 2.05) is 6.07 Å². The average Bonchev–Trinajstić information content (AvgIpc) is 3.23. The Hall–Kier alpha value is -2.50. The minimum Gasteiger partial charge on any atom is -0.504 e. The van der Waals surface area contributed by atoms with Crippen molar-refractivity contribution in [2.24, 2.45) is 0 Å². The van der Waals surface area contributed by atoms with Gasteiger partial charge in [0.25, 0.3) is 0 Å². The van der Waals surface area contributed by atoms with E-state index in [9.17, 15) is 10.2 Å². The number of hydrogen-bond acceptors (Lipinski definition) is 4. The van der Waals surface area contributed by atoms with Crippen molar-refractivity contribution < 1.29 is 14.9 Å². The number of aromatic hydroxyl groups is 1. The number of benzene rings is 2. The number of ether oxygens (including phenoxy) is 1. The van der Waals surface area contributed by atoms with Gasteiger partial charge >= 0.3 is 0 Å². The number of aliphatic hydroxyl groups is 1. The first-order valence-corrected chi connectivity index (χ1v) is 11.4. The quantitative estimate of drug-likeness (QED) is 0.638. The van der Waals surface area contributed by atoms with E-state index in [1.165, 1.54) is 33.3 Å². The van der Waals surface area contributed by atoms with Crippen LogP contribution in [-0.2, 0) is 31.2 Å². The number of para-hydroxylation sites is 1. The maximum Gasteiger partial charge on any atom is 0.166 e. The third-order valence-corrected chi connectivity index (χ3v) is 8.83. The zero-order valence-corrected chi connectivity index (χ0v) is 18.3. The highest BCUT2D eigenvalue weighted by atomic mass is 16.5. The van der Waals surface area contributed by atoms with Gasteiger partial charge in [-0.3, -0.25) is 0 Å². The molecule has 1 aromatic heterocycles. The molecule has 0 bridgehead atoms. The fourth-order valence-electron chi connectivity index (χ4n) is 7.44. The normalized spacial score (nSPS) is 32.2. The van der Waals surface area contributed by atoms with E-state index in [1.54, 1.807) is 6.07 Å². The Bertz CT molecular complexity index is 1290. The van der Waals surface area contributed by atoms with Crippen LogP contribution in [0.1, 0.15) is 47.4 Å². The fourth-order valence-corrected chi connectivity index (χ4v) is 7.44. The highest BCUT2D eigenvalue weighted by Crippen LogP contribution is 2.66. The molecule has 0 amide bonds. The van der Waals surface area contributed by atoms with Crippen LogP contribution < -0.4 is 4.74 Å². The Morgan fingerprint density at radius 3 is 2.81 bits per heavy atom. The molecule has 1 unspecified atom stereocenters. The van der Waals surface area contributed by atoms with Crippen LogP contribution in [0.15, 0.2) is 30.3 Å². The van der Waals surface area contributed by atoms with Gasteiger partial charge in [-0.2, -0.15) is 0 Å². The minimum atomic E-state index is -0.997.